The highest BCUT2D eigenvalue weighted by molar-refractivity contribution is 6.31. The van der Waals surface area contributed by atoms with E-state index in [-0.39, 0.29) is 11.5 Å². The van der Waals surface area contributed by atoms with Crippen LogP contribution in [0.4, 0.5) is 0 Å². The zero-order valence-corrected chi connectivity index (χ0v) is 15.7. The Morgan fingerprint density at radius 1 is 1.24 bits per heavy atom. The molecule has 0 bridgehead atoms. The maximum absolute atomic E-state index is 10.8. The second-order valence-corrected chi connectivity index (χ2v) is 8.04. The molecule has 3 rings (SSSR count). The van der Waals surface area contributed by atoms with Crippen LogP contribution in [0.5, 0.6) is 0 Å². The Morgan fingerprint density at radius 3 is 2.72 bits per heavy atom. The van der Waals surface area contributed by atoms with Crippen molar-refractivity contribution in [1.82, 2.24) is 19.3 Å². The second kappa shape index (κ2) is 7.18. The van der Waals surface area contributed by atoms with E-state index >= 15 is 0 Å². The van der Waals surface area contributed by atoms with Gasteiger partial charge in [0.2, 0.25) is 0 Å². The number of aliphatic hydroxyl groups excluding tert-OH is 1. The van der Waals surface area contributed by atoms with E-state index in [2.05, 4.69) is 26.9 Å². The minimum absolute atomic E-state index is 0.0899. The average Bonchev–Trinajstić information content (AvgIpc) is 3.20. The highest BCUT2D eigenvalue weighted by Crippen LogP contribution is 2.31. The third kappa shape index (κ3) is 4.05. The Labute approximate surface area is 153 Å². The molecular formula is C19H25ClN4O. The first-order valence-corrected chi connectivity index (χ1v) is 9.00. The van der Waals surface area contributed by atoms with Crippen LogP contribution in [-0.4, -0.2) is 30.5 Å². The number of aliphatic hydroxyl groups is 1. The average molecular weight is 361 g/mol. The molecular weight excluding hydrogens is 336 g/mol. The van der Waals surface area contributed by atoms with Crippen LogP contribution in [0.25, 0.3) is 10.9 Å². The zero-order chi connectivity index (χ0) is 18.0. The van der Waals surface area contributed by atoms with Gasteiger partial charge in [0.25, 0.3) is 0 Å². The highest BCUT2D eigenvalue weighted by Gasteiger charge is 2.31. The fourth-order valence-corrected chi connectivity index (χ4v) is 3.39. The van der Waals surface area contributed by atoms with Gasteiger partial charge < -0.3 is 9.67 Å². The summed E-state index contributed by atoms with van der Waals surface area (Å²) in [6, 6.07) is 7.96. The van der Waals surface area contributed by atoms with Gasteiger partial charge in [0, 0.05) is 23.3 Å². The molecule has 2 unspecified atom stereocenters. The van der Waals surface area contributed by atoms with Crippen LogP contribution >= 0.6 is 11.6 Å². The van der Waals surface area contributed by atoms with Crippen molar-refractivity contribution in [2.24, 2.45) is 5.41 Å². The third-order valence-electron chi connectivity index (χ3n) is 4.66. The molecule has 134 valence electrons. The summed E-state index contributed by atoms with van der Waals surface area (Å²) in [4.78, 5) is 4.04. The Hall–Kier alpha value is -1.85. The van der Waals surface area contributed by atoms with Gasteiger partial charge in [0.1, 0.15) is 12.7 Å². The molecule has 3 aromatic rings. The first-order chi connectivity index (χ1) is 11.9. The van der Waals surface area contributed by atoms with Crippen LogP contribution in [0.3, 0.4) is 0 Å². The SMILES string of the molecule is CC(C)(C)C(O)C(CCCn1ccc2ccc(Cl)cc21)n1cncn1. The molecule has 1 aromatic carbocycles. The van der Waals surface area contributed by atoms with Crippen molar-refractivity contribution in [2.45, 2.75) is 52.3 Å². The van der Waals surface area contributed by atoms with E-state index in [0.29, 0.717) is 0 Å². The number of hydrogen-bond donors (Lipinski definition) is 1. The lowest BCUT2D eigenvalue weighted by atomic mass is 9.83. The van der Waals surface area contributed by atoms with Gasteiger partial charge in [0.15, 0.2) is 0 Å². The maximum Gasteiger partial charge on any atom is 0.137 e. The zero-order valence-electron chi connectivity index (χ0n) is 14.9. The number of hydrogen-bond acceptors (Lipinski definition) is 3. The van der Waals surface area contributed by atoms with Gasteiger partial charge in [-0.3, -0.25) is 0 Å². The minimum atomic E-state index is -0.495. The summed E-state index contributed by atoms with van der Waals surface area (Å²) in [6.07, 6.45) is 6.54. The van der Waals surface area contributed by atoms with Gasteiger partial charge in [-0.25, -0.2) is 9.67 Å². The molecule has 0 radical (unpaired) electrons. The predicted octanol–water partition coefficient (Wildman–Crippen LogP) is 4.31. The monoisotopic (exact) mass is 360 g/mol. The molecule has 5 nitrogen and oxygen atoms in total. The number of benzene rings is 1. The molecule has 0 saturated heterocycles. The lowest BCUT2D eigenvalue weighted by Gasteiger charge is -2.33. The van der Waals surface area contributed by atoms with E-state index in [1.807, 2.05) is 39.0 Å². The highest BCUT2D eigenvalue weighted by atomic mass is 35.5. The molecule has 0 fully saturated rings. The summed E-state index contributed by atoms with van der Waals surface area (Å²) in [5, 5.41) is 17.0. The van der Waals surface area contributed by atoms with Crippen molar-refractivity contribution < 1.29 is 5.11 Å². The van der Waals surface area contributed by atoms with Gasteiger partial charge in [-0.2, -0.15) is 5.10 Å². The van der Waals surface area contributed by atoms with Crippen molar-refractivity contribution >= 4 is 22.5 Å². The predicted molar refractivity (Wildman–Crippen MR) is 101 cm³/mol. The third-order valence-corrected chi connectivity index (χ3v) is 4.90. The molecule has 2 aromatic heterocycles. The molecule has 0 spiro atoms. The first-order valence-electron chi connectivity index (χ1n) is 8.63. The Kier molecular flexibility index (Phi) is 5.16. The van der Waals surface area contributed by atoms with E-state index in [9.17, 15) is 5.11 Å². The molecule has 2 atom stereocenters. The molecule has 0 aliphatic carbocycles. The van der Waals surface area contributed by atoms with Gasteiger partial charge in [-0.1, -0.05) is 38.4 Å². The number of aromatic nitrogens is 4. The van der Waals surface area contributed by atoms with E-state index in [0.717, 1.165) is 29.9 Å². The molecule has 1 N–H and O–H groups in total. The molecule has 0 amide bonds. The van der Waals surface area contributed by atoms with Crippen molar-refractivity contribution in [1.29, 1.82) is 0 Å². The fourth-order valence-electron chi connectivity index (χ4n) is 3.22. The smallest absolute Gasteiger partial charge is 0.137 e. The Balaban J connectivity index is 1.72. The van der Waals surface area contributed by atoms with Gasteiger partial charge in [-0.05, 0) is 41.8 Å². The Bertz CT molecular complexity index is 820. The van der Waals surface area contributed by atoms with E-state index in [1.165, 1.54) is 11.7 Å². The lowest BCUT2D eigenvalue weighted by molar-refractivity contribution is 0.00834. The number of nitrogens with zero attached hydrogens (tertiary/aromatic N) is 4. The molecule has 0 saturated carbocycles. The number of fused-ring (bicyclic) bond motifs is 1. The van der Waals surface area contributed by atoms with Gasteiger partial charge in [0.05, 0.1) is 12.1 Å². The fraction of sp³-hybridized carbons (Fsp3) is 0.474. The van der Waals surface area contributed by atoms with Crippen molar-refractivity contribution in [3.05, 3.63) is 48.1 Å². The van der Waals surface area contributed by atoms with Crippen LogP contribution in [0.15, 0.2) is 43.1 Å². The molecule has 6 heteroatoms. The van der Waals surface area contributed by atoms with Gasteiger partial charge >= 0.3 is 0 Å². The van der Waals surface area contributed by atoms with E-state index in [4.69, 9.17) is 11.6 Å². The van der Waals surface area contributed by atoms with E-state index < -0.39 is 6.10 Å². The number of rotatable bonds is 6. The molecule has 0 aliphatic rings. The van der Waals surface area contributed by atoms with Crippen LogP contribution in [-0.2, 0) is 6.54 Å². The minimum Gasteiger partial charge on any atom is -0.390 e. The largest absolute Gasteiger partial charge is 0.390 e. The summed E-state index contributed by atoms with van der Waals surface area (Å²) in [5.74, 6) is 0. The lowest BCUT2D eigenvalue weighted by Crippen LogP contribution is -2.36. The van der Waals surface area contributed by atoms with E-state index in [1.54, 1.807) is 11.0 Å². The summed E-state index contributed by atoms with van der Waals surface area (Å²) in [6.45, 7) is 7.00. The molecule has 0 aliphatic heterocycles. The number of halogens is 1. The summed E-state index contributed by atoms with van der Waals surface area (Å²) in [7, 11) is 0. The summed E-state index contributed by atoms with van der Waals surface area (Å²) < 4.78 is 3.99. The normalized spacial score (nSPS) is 14.8. The quantitative estimate of drug-likeness (QED) is 0.712. The summed E-state index contributed by atoms with van der Waals surface area (Å²) >= 11 is 6.13. The van der Waals surface area contributed by atoms with Gasteiger partial charge in [-0.15, -0.1) is 0 Å². The Morgan fingerprint density at radius 2 is 2.04 bits per heavy atom. The van der Waals surface area contributed by atoms with Crippen LogP contribution in [0.2, 0.25) is 5.02 Å². The number of aryl methyl sites for hydroxylation is 1. The van der Waals surface area contributed by atoms with Crippen LogP contribution < -0.4 is 0 Å². The van der Waals surface area contributed by atoms with Crippen LogP contribution in [0, 0.1) is 5.41 Å². The first kappa shape index (κ1) is 18.0. The van der Waals surface area contributed by atoms with Crippen LogP contribution in [0.1, 0.15) is 39.7 Å². The maximum atomic E-state index is 10.8. The topological polar surface area (TPSA) is 55.9 Å². The van der Waals surface area contributed by atoms with Crippen molar-refractivity contribution in [3.8, 4) is 0 Å². The standard InChI is InChI=1S/C19H25ClN4O/c1-19(2,3)18(25)16(24-13-21-12-22-24)5-4-9-23-10-8-14-6-7-15(20)11-17(14)23/h6-8,10-13,16,18,25H,4-5,9H2,1-3H3. The molecule has 25 heavy (non-hydrogen) atoms. The summed E-state index contributed by atoms with van der Waals surface area (Å²) in [5.41, 5.74) is 0.922. The van der Waals surface area contributed by atoms with Crippen molar-refractivity contribution in [2.75, 3.05) is 0 Å². The molecule has 2 heterocycles. The second-order valence-electron chi connectivity index (χ2n) is 7.61. The van der Waals surface area contributed by atoms with Crippen molar-refractivity contribution in [3.63, 3.8) is 0 Å².